The molecule has 0 unspecified atom stereocenters. The molecule has 1 fully saturated rings. The van der Waals surface area contributed by atoms with E-state index < -0.39 is 0 Å². The molecule has 1 saturated heterocycles. The molecule has 1 aromatic carbocycles. The molecule has 0 saturated carbocycles. The van der Waals surface area contributed by atoms with Gasteiger partial charge in [-0.1, -0.05) is 0 Å². The minimum atomic E-state index is 0.0297. The Labute approximate surface area is 130 Å². The standard InChI is InChI=1S/C16H19N5O/c1-20-5-7-21(8-6-20)15-4-3-14(9-16(15)22-2)19-12-13(10-17)11-18/h3-4,9,12,19H,5-8H2,1-2H3. The van der Waals surface area contributed by atoms with Crippen LogP contribution in [0.2, 0.25) is 0 Å². The summed E-state index contributed by atoms with van der Waals surface area (Å²) in [7, 11) is 3.76. The molecule has 2 rings (SSSR count). The van der Waals surface area contributed by atoms with Gasteiger partial charge in [0.2, 0.25) is 0 Å². The van der Waals surface area contributed by atoms with Crippen LogP contribution in [0.3, 0.4) is 0 Å². The molecule has 0 bridgehead atoms. The van der Waals surface area contributed by atoms with Crippen molar-refractivity contribution >= 4 is 11.4 Å². The molecule has 0 radical (unpaired) electrons. The maximum atomic E-state index is 8.72. The fourth-order valence-electron chi connectivity index (χ4n) is 2.32. The van der Waals surface area contributed by atoms with E-state index >= 15 is 0 Å². The van der Waals surface area contributed by atoms with Gasteiger partial charge in [-0.15, -0.1) is 0 Å². The van der Waals surface area contributed by atoms with Crippen LogP contribution >= 0.6 is 0 Å². The van der Waals surface area contributed by atoms with Crippen molar-refractivity contribution in [3.05, 3.63) is 30.0 Å². The number of allylic oxidation sites excluding steroid dienone is 1. The summed E-state index contributed by atoms with van der Waals surface area (Å²) < 4.78 is 5.48. The van der Waals surface area contributed by atoms with Crippen LogP contribution in [0.4, 0.5) is 11.4 Å². The summed E-state index contributed by atoms with van der Waals surface area (Å²) in [5, 5.41) is 20.4. The maximum absolute atomic E-state index is 8.72. The van der Waals surface area contributed by atoms with E-state index in [2.05, 4.69) is 22.2 Å². The second kappa shape index (κ2) is 7.35. The lowest BCUT2D eigenvalue weighted by Gasteiger charge is -2.34. The molecule has 1 aliphatic heterocycles. The van der Waals surface area contributed by atoms with Crippen LogP contribution < -0.4 is 15.0 Å². The summed E-state index contributed by atoms with van der Waals surface area (Å²) in [6.07, 6.45) is 1.39. The summed E-state index contributed by atoms with van der Waals surface area (Å²) in [5.74, 6) is 0.776. The highest BCUT2D eigenvalue weighted by Crippen LogP contribution is 2.31. The number of piperazine rings is 1. The molecule has 0 spiro atoms. The number of rotatable bonds is 4. The minimum absolute atomic E-state index is 0.0297. The molecule has 0 atom stereocenters. The molecule has 0 aromatic heterocycles. The Hall–Kier alpha value is -2.70. The number of hydrogen-bond acceptors (Lipinski definition) is 6. The van der Waals surface area contributed by atoms with Crippen molar-refractivity contribution in [3.8, 4) is 17.9 Å². The second-order valence-electron chi connectivity index (χ2n) is 5.10. The predicted octanol–water partition coefficient (Wildman–Crippen LogP) is 1.79. The van der Waals surface area contributed by atoms with Crippen LogP contribution in [0.1, 0.15) is 0 Å². The molecule has 1 aromatic rings. The molecule has 0 amide bonds. The largest absolute Gasteiger partial charge is 0.495 e. The Balaban J connectivity index is 2.16. The van der Waals surface area contributed by atoms with Gasteiger partial charge in [0, 0.05) is 44.1 Å². The van der Waals surface area contributed by atoms with Crippen molar-refractivity contribution in [1.29, 1.82) is 10.5 Å². The summed E-state index contributed by atoms with van der Waals surface area (Å²) >= 11 is 0. The van der Waals surface area contributed by atoms with Crippen LogP contribution in [0.5, 0.6) is 5.75 Å². The monoisotopic (exact) mass is 297 g/mol. The second-order valence-corrected chi connectivity index (χ2v) is 5.10. The number of hydrogen-bond donors (Lipinski definition) is 1. The Morgan fingerprint density at radius 3 is 2.50 bits per heavy atom. The van der Waals surface area contributed by atoms with E-state index in [4.69, 9.17) is 15.3 Å². The Morgan fingerprint density at radius 2 is 1.91 bits per heavy atom. The van der Waals surface area contributed by atoms with E-state index in [0.717, 1.165) is 43.3 Å². The van der Waals surface area contributed by atoms with Gasteiger partial charge in [-0.3, -0.25) is 0 Å². The average molecular weight is 297 g/mol. The Morgan fingerprint density at radius 1 is 1.23 bits per heavy atom. The third kappa shape index (κ3) is 3.69. The summed E-state index contributed by atoms with van der Waals surface area (Å²) in [6.45, 7) is 3.98. The quantitative estimate of drug-likeness (QED) is 0.854. The van der Waals surface area contributed by atoms with Gasteiger partial charge in [0.15, 0.2) is 0 Å². The SMILES string of the molecule is COc1cc(NC=C(C#N)C#N)ccc1N1CCN(C)CC1. The molecule has 6 nitrogen and oxygen atoms in total. The lowest BCUT2D eigenvalue weighted by atomic mass is 10.2. The molecule has 22 heavy (non-hydrogen) atoms. The van der Waals surface area contributed by atoms with Crippen molar-refractivity contribution < 1.29 is 4.74 Å². The first kappa shape index (κ1) is 15.7. The zero-order valence-corrected chi connectivity index (χ0v) is 12.8. The van der Waals surface area contributed by atoms with Crippen LogP contribution in [0.15, 0.2) is 30.0 Å². The van der Waals surface area contributed by atoms with Crippen molar-refractivity contribution in [2.75, 3.05) is 50.6 Å². The van der Waals surface area contributed by atoms with E-state index in [0.29, 0.717) is 0 Å². The van der Waals surface area contributed by atoms with Crippen LogP contribution in [0.25, 0.3) is 0 Å². The first-order chi connectivity index (χ1) is 10.7. The van der Waals surface area contributed by atoms with E-state index in [1.807, 2.05) is 30.3 Å². The van der Waals surface area contributed by atoms with Gasteiger partial charge in [0.05, 0.1) is 12.8 Å². The first-order valence-electron chi connectivity index (χ1n) is 7.06. The number of nitriles is 2. The maximum Gasteiger partial charge on any atom is 0.145 e. The predicted molar refractivity (Wildman–Crippen MR) is 85.6 cm³/mol. The molecule has 114 valence electrons. The van der Waals surface area contributed by atoms with Crippen molar-refractivity contribution in [1.82, 2.24) is 4.90 Å². The molecule has 6 heteroatoms. The molecule has 1 aliphatic rings. The average Bonchev–Trinajstić information content (AvgIpc) is 2.56. The lowest BCUT2D eigenvalue weighted by molar-refractivity contribution is 0.311. The highest BCUT2D eigenvalue weighted by molar-refractivity contribution is 5.66. The Kier molecular flexibility index (Phi) is 5.24. The fourth-order valence-corrected chi connectivity index (χ4v) is 2.32. The Bertz CT molecular complexity index is 617. The fraction of sp³-hybridized carbons (Fsp3) is 0.375. The topological polar surface area (TPSA) is 75.3 Å². The van der Waals surface area contributed by atoms with Crippen molar-refractivity contribution in [2.24, 2.45) is 0 Å². The van der Waals surface area contributed by atoms with Crippen molar-refractivity contribution in [2.45, 2.75) is 0 Å². The summed E-state index contributed by atoms with van der Waals surface area (Å²) in [5.41, 5.74) is 1.87. The van der Waals surface area contributed by atoms with Crippen molar-refractivity contribution in [3.63, 3.8) is 0 Å². The molecule has 1 heterocycles. The highest BCUT2D eigenvalue weighted by Gasteiger charge is 2.17. The number of ether oxygens (including phenoxy) is 1. The molecule has 1 N–H and O–H groups in total. The number of methoxy groups -OCH3 is 1. The van der Waals surface area contributed by atoms with Gasteiger partial charge in [-0.25, -0.2) is 0 Å². The summed E-state index contributed by atoms with van der Waals surface area (Å²) in [4.78, 5) is 4.60. The van der Waals surface area contributed by atoms with Gasteiger partial charge in [0.25, 0.3) is 0 Å². The zero-order valence-electron chi connectivity index (χ0n) is 12.8. The van der Waals surface area contributed by atoms with E-state index in [1.54, 1.807) is 7.11 Å². The third-order valence-corrected chi connectivity index (χ3v) is 3.65. The minimum Gasteiger partial charge on any atom is -0.495 e. The number of nitrogens with zero attached hydrogens (tertiary/aromatic N) is 4. The smallest absolute Gasteiger partial charge is 0.145 e. The third-order valence-electron chi connectivity index (χ3n) is 3.65. The van der Waals surface area contributed by atoms with Gasteiger partial charge in [0.1, 0.15) is 23.5 Å². The van der Waals surface area contributed by atoms with Gasteiger partial charge >= 0.3 is 0 Å². The van der Waals surface area contributed by atoms with Crippen LogP contribution in [-0.2, 0) is 0 Å². The molecular formula is C16H19N5O. The normalized spacial score (nSPS) is 14.6. The zero-order chi connectivity index (χ0) is 15.9. The van der Waals surface area contributed by atoms with Crippen LogP contribution in [-0.4, -0.2) is 45.2 Å². The van der Waals surface area contributed by atoms with Gasteiger partial charge in [-0.2, -0.15) is 10.5 Å². The molecule has 0 aliphatic carbocycles. The number of likely N-dealkylation sites (N-methyl/N-ethyl adjacent to an activating group) is 1. The number of anilines is 2. The van der Waals surface area contributed by atoms with E-state index in [1.165, 1.54) is 6.20 Å². The summed E-state index contributed by atoms with van der Waals surface area (Å²) in [6, 6.07) is 9.41. The number of benzene rings is 1. The number of nitrogens with one attached hydrogen (secondary N) is 1. The lowest BCUT2D eigenvalue weighted by Crippen LogP contribution is -2.44. The first-order valence-corrected chi connectivity index (χ1v) is 7.06. The van der Waals surface area contributed by atoms with E-state index in [-0.39, 0.29) is 5.57 Å². The highest BCUT2D eigenvalue weighted by atomic mass is 16.5. The van der Waals surface area contributed by atoms with Gasteiger partial charge in [-0.05, 0) is 19.2 Å². The van der Waals surface area contributed by atoms with Crippen LogP contribution in [0, 0.1) is 22.7 Å². The van der Waals surface area contributed by atoms with Gasteiger partial charge < -0.3 is 19.9 Å². The molecular weight excluding hydrogens is 278 g/mol. The van der Waals surface area contributed by atoms with E-state index in [9.17, 15) is 0 Å².